The molecule has 6 heteroatoms. The molecule has 4 nitrogen and oxygen atoms in total. The molecule has 20 heavy (non-hydrogen) atoms. The van der Waals surface area contributed by atoms with Gasteiger partial charge in [-0.25, -0.2) is 8.70 Å². The molecule has 0 aromatic heterocycles. The van der Waals surface area contributed by atoms with Gasteiger partial charge in [-0.1, -0.05) is 6.07 Å². The quantitative estimate of drug-likeness (QED) is 0.728. The van der Waals surface area contributed by atoms with Crippen LogP contribution >= 0.6 is 12.1 Å². The molecule has 0 radical (unpaired) electrons. The Morgan fingerprint density at radius 1 is 1.35 bits per heavy atom. The van der Waals surface area contributed by atoms with Gasteiger partial charge in [0.25, 0.3) is 0 Å². The van der Waals surface area contributed by atoms with Gasteiger partial charge in [-0.2, -0.15) is 0 Å². The lowest BCUT2D eigenvalue weighted by Crippen LogP contribution is -2.34. The molecular weight excluding hydrogens is 275 g/mol. The molecule has 1 saturated heterocycles. The molecule has 0 aliphatic carbocycles. The summed E-state index contributed by atoms with van der Waals surface area (Å²) in [7, 11) is 0. The van der Waals surface area contributed by atoms with Crippen LogP contribution in [0.3, 0.4) is 0 Å². The minimum Gasteiger partial charge on any atom is -0.403 e. The van der Waals surface area contributed by atoms with Gasteiger partial charge in [0.1, 0.15) is 5.82 Å². The van der Waals surface area contributed by atoms with Crippen molar-refractivity contribution in [1.29, 1.82) is 0 Å². The fourth-order valence-corrected chi connectivity index (χ4v) is 3.60. The highest BCUT2D eigenvalue weighted by Crippen LogP contribution is 2.40. The van der Waals surface area contributed by atoms with Crippen LogP contribution in [0, 0.1) is 11.7 Å². The molecule has 1 unspecified atom stereocenters. The normalized spacial score (nSPS) is 25.7. The van der Waals surface area contributed by atoms with Crippen molar-refractivity contribution in [2.75, 3.05) is 13.1 Å². The number of fused-ring (bicyclic) bond motifs is 1. The van der Waals surface area contributed by atoms with Crippen LogP contribution in [0.5, 0.6) is 0 Å². The zero-order valence-corrected chi connectivity index (χ0v) is 12.0. The van der Waals surface area contributed by atoms with Gasteiger partial charge in [-0.05, 0) is 36.5 Å². The molecule has 1 atom stereocenters. The fourth-order valence-electron chi connectivity index (χ4n) is 3.18. The van der Waals surface area contributed by atoms with Crippen LogP contribution in [0.25, 0.3) is 5.70 Å². The second kappa shape index (κ2) is 5.63. The van der Waals surface area contributed by atoms with Gasteiger partial charge in [0, 0.05) is 37.0 Å². The van der Waals surface area contributed by atoms with Crippen LogP contribution in [0.15, 0.2) is 24.4 Å². The number of rotatable bonds is 2. The van der Waals surface area contributed by atoms with E-state index < -0.39 is 0 Å². The Hall–Kier alpha value is -1.24. The lowest BCUT2D eigenvalue weighted by atomic mass is 9.86. The SMILES string of the molecule is N/C=C1\NC(C2CCN(SN)CC2)c2ccc(F)cc21. The maximum Gasteiger partial charge on any atom is 0.123 e. The van der Waals surface area contributed by atoms with Crippen molar-refractivity contribution in [1.82, 2.24) is 9.62 Å². The summed E-state index contributed by atoms with van der Waals surface area (Å²) in [5.74, 6) is 0.306. The van der Waals surface area contributed by atoms with Crippen molar-refractivity contribution in [2.45, 2.75) is 18.9 Å². The molecule has 2 aliphatic heterocycles. The van der Waals surface area contributed by atoms with Crippen LogP contribution in [-0.2, 0) is 0 Å². The zero-order chi connectivity index (χ0) is 14.1. The van der Waals surface area contributed by atoms with E-state index in [1.165, 1.54) is 24.4 Å². The van der Waals surface area contributed by atoms with Crippen molar-refractivity contribution in [3.05, 3.63) is 41.3 Å². The first-order valence-electron chi connectivity index (χ1n) is 6.83. The van der Waals surface area contributed by atoms with E-state index in [0.717, 1.165) is 42.8 Å². The third kappa shape index (κ3) is 2.39. The van der Waals surface area contributed by atoms with Gasteiger partial charge in [0.05, 0.1) is 11.7 Å². The molecule has 0 bridgehead atoms. The van der Waals surface area contributed by atoms with Crippen molar-refractivity contribution in [2.24, 2.45) is 16.8 Å². The molecule has 108 valence electrons. The van der Waals surface area contributed by atoms with E-state index in [1.54, 1.807) is 6.07 Å². The minimum absolute atomic E-state index is 0.222. The van der Waals surface area contributed by atoms with Crippen LogP contribution in [0.4, 0.5) is 4.39 Å². The lowest BCUT2D eigenvalue weighted by molar-refractivity contribution is 0.250. The van der Waals surface area contributed by atoms with E-state index in [1.807, 2.05) is 6.07 Å². The monoisotopic (exact) mass is 294 g/mol. The van der Waals surface area contributed by atoms with Crippen molar-refractivity contribution in [3.8, 4) is 0 Å². The van der Waals surface area contributed by atoms with Gasteiger partial charge < -0.3 is 11.1 Å². The number of hydrogen-bond donors (Lipinski definition) is 3. The number of nitrogens with zero attached hydrogens (tertiary/aromatic N) is 1. The molecule has 0 spiro atoms. The molecule has 2 aliphatic rings. The van der Waals surface area contributed by atoms with Crippen molar-refractivity contribution >= 4 is 17.8 Å². The van der Waals surface area contributed by atoms with Crippen molar-refractivity contribution < 1.29 is 4.39 Å². The van der Waals surface area contributed by atoms with E-state index in [9.17, 15) is 4.39 Å². The van der Waals surface area contributed by atoms with Gasteiger partial charge in [0.2, 0.25) is 0 Å². The summed E-state index contributed by atoms with van der Waals surface area (Å²) in [5.41, 5.74) is 8.54. The van der Waals surface area contributed by atoms with Gasteiger partial charge >= 0.3 is 0 Å². The van der Waals surface area contributed by atoms with Crippen LogP contribution in [0.1, 0.15) is 30.0 Å². The third-order valence-corrected chi connectivity index (χ3v) is 4.90. The maximum atomic E-state index is 13.4. The summed E-state index contributed by atoms with van der Waals surface area (Å²) < 4.78 is 15.6. The molecule has 1 fully saturated rings. The minimum atomic E-state index is -0.222. The summed E-state index contributed by atoms with van der Waals surface area (Å²) in [6.07, 6.45) is 3.69. The van der Waals surface area contributed by atoms with Crippen LogP contribution in [-0.4, -0.2) is 17.4 Å². The summed E-state index contributed by atoms with van der Waals surface area (Å²) in [4.78, 5) is 0. The van der Waals surface area contributed by atoms with E-state index in [2.05, 4.69) is 9.62 Å². The average Bonchev–Trinajstić information content (AvgIpc) is 2.85. The van der Waals surface area contributed by atoms with Crippen molar-refractivity contribution in [3.63, 3.8) is 0 Å². The van der Waals surface area contributed by atoms with Crippen LogP contribution in [0.2, 0.25) is 0 Å². The third-order valence-electron chi connectivity index (χ3n) is 4.24. The Morgan fingerprint density at radius 2 is 2.10 bits per heavy atom. The predicted molar refractivity (Wildman–Crippen MR) is 80.5 cm³/mol. The zero-order valence-electron chi connectivity index (χ0n) is 11.2. The Bertz CT molecular complexity index is 526. The second-order valence-corrected chi connectivity index (χ2v) is 6.03. The maximum absolute atomic E-state index is 13.4. The highest BCUT2D eigenvalue weighted by atomic mass is 32.2. The largest absolute Gasteiger partial charge is 0.403 e. The van der Waals surface area contributed by atoms with Gasteiger partial charge in [-0.15, -0.1) is 0 Å². The summed E-state index contributed by atoms with van der Waals surface area (Å²) >= 11 is 1.31. The first kappa shape index (κ1) is 13.7. The Balaban J connectivity index is 1.83. The molecule has 0 amide bonds. The van der Waals surface area contributed by atoms with Gasteiger partial charge in [-0.3, -0.25) is 5.14 Å². The number of hydrogen-bond acceptors (Lipinski definition) is 5. The molecule has 3 rings (SSSR count). The smallest absolute Gasteiger partial charge is 0.123 e. The summed E-state index contributed by atoms with van der Waals surface area (Å²) in [5, 5.41) is 9.05. The Morgan fingerprint density at radius 3 is 2.75 bits per heavy atom. The number of nitrogens with one attached hydrogen (secondary N) is 1. The average molecular weight is 294 g/mol. The van der Waals surface area contributed by atoms with E-state index in [0.29, 0.717) is 5.92 Å². The molecule has 1 aromatic rings. The molecule has 1 aromatic carbocycles. The predicted octanol–water partition coefficient (Wildman–Crippen LogP) is 1.96. The lowest BCUT2D eigenvalue weighted by Gasteiger charge is -2.33. The Labute approximate surface area is 122 Å². The van der Waals surface area contributed by atoms with E-state index >= 15 is 0 Å². The number of halogens is 1. The Kier molecular flexibility index (Phi) is 3.87. The fraction of sp³-hybridized carbons (Fsp3) is 0.429. The van der Waals surface area contributed by atoms with E-state index in [-0.39, 0.29) is 11.9 Å². The molecule has 2 heterocycles. The molecular formula is C14H19FN4S. The van der Waals surface area contributed by atoms with Gasteiger partial charge in [0.15, 0.2) is 0 Å². The second-order valence-electron chi connectivity index (χ2n) is 5.31. The van der Waals surface area contributed by atoms with E-state index in [4.69, 9.17) is 10.9 Å². The standard InChI is InChI=1S/C14H19FN4S/c15-10-1-2-11-12(7-10)13(8-16)18-14(11)9-3-5-19(20-17)6-4-9/h1-2,7-9,14,18H,3-6,16-17H2/b13-8-. The first-order chi connectivity index (χ1) is 9.72. The summed E-state index contributed by atoms with van der Waals surface area (Å²) in [6.45, 7) is 1.98. The number of nitrogens with two attached hydrogens (primary N) is 2. The number of piperidine rings is 1. The summed E-state index contributed by atoms with van der Waals surface area (Å²) in [6, 6.07) is 5.19. The molecule has 0 saturated carbocycles. The van der Waals surface area contributed by atoms with Crippen LogP contribution < -0.4 is 16.2 Å². The highest BCUT2D eigenvalue weighted by molar-refractivity contribution is 7.94. The number of benzene rings is 1. The highest BCUT2D eigenvalue weighted by Gasteiger charge is 2.34. The first-order valence-corrected chi connectivity index (χ1v) is 7.66. The molecule has 5 N–H and O–H groups in total. The topological polar surface area (TPSA) is 67.3 Å².